The van der Waals surface area contributed by atoms with Gasteiger partial charge in [0.05, 0.1) is 6.42 Å². The lowest BCUT2D eigenvalue weighted by Gasteiger charge is -2.41. The Bertz CT molecular complexity index is 1070. The summed E-state index contributed by atoms with van der Waals surface area (Å²) in [6.45, 7) is 2.52. The lowest BCUT2D eigenvalue weighted by atomic mass is 10.1. The highest BCUT2D eigenvalue weighted by molar-refractivity contribution is 6.39. The van der Waals surface area contributed by atoms with Crippen molar-refractivity contribution in [2.24, 2.45) is 0 Å². The molecule has 2 aromatic rings. The van der Waals surface area contributed by atoms with E-state index >= 15 is 0 Å². The number of fused-ring (bicyclic) bond motifs is 1. The Hall–Kier alpha value is -3.20. The fourth-order valence-corrected chi connectivity index (χ4v) is 3.98. The zero-order valence-corrected chi connectivity index (χ0v) is 17.3. The molecule has 0 saturated carbocycles. The molecule has 2 aliphatic rings. The molecule has 2 aromatic carbocycles. The largest absolute Gasteiger partial charge is 0.365 e. The maximum Gasteiger partial charge on any atom is 0.313 e. The first-order chi connectivity index (χ1) is 14.7. The summed E-state index contributed by atoms with van der Waals surface area (Å²) in [6.07, 6.45) is 0.221. The summed E-state index contributed by atoms with van der Waals surface area (Å²) in [5.74, 6) is -3.32. The summed E-state index contributed by atoms with van der Waals surface area (Å²) >= 11 is 5.54. The van der Waals surface area contributed by atoms with E-state index in [1.165, 1.54) is 4.90 Å². The molecule has 0 radical (unpaired) electrons. The highest BCUT2D eigenvalue weighted by Gasteiger charge is 2.31. The summed E-state index contributed by atoms with van der Waals surface area (Å²) < 4.78 is 27.6. The normalized spacial score (nSPS) is 17.9. The fraction of sp³-hybridized carbons (Fsp3) is 0.286. The van der Waals surface area contributed by atoms with Crippen LogP contribution in [0.3, 0.4) is 0 Å². The number of anilines is 3. The highest BCUT2D eigenvalue weighted by Crippen LogP contribution is 2.28. The number of nitrogens with one attached hydrogen (secondary N) is 2. The lowest BCUT2D eigenvalue weighted by Crippen LogP contribution is -2.55. The smallest absolute Gasteiger partial charge is 0.313 e. The molecule has 0 aromatic heterocycles. The fourth-order valence-electron chi connectivity index (χ4n) is 3.87. The molecule has 2 heterocycles. The van der Waals surface area contributed by atoms with Crippen molar-refractivity contribution in [1.82, 2.24) is 4.90 Å². The topological polar surface area (TPSA) is 81.8 Å². The zero-order chi connectivity index (χ0) is 22.3. The van der Waals surface area contributed by atoms with Crippen LogP contribution in [0.15, 0.2) is 30.3 Å². The molecular weight excluding hydrogens is 430 g/mol. The molecule has 3 amide bonds. The molecule has 1 atom stereocenters. The minimum Gasteiger partial charge on any atom is -0.365 e. The Kier molecular flexibility index (Phi) is 5.53. The van der Waals surface area contributed by atoms with Crippen LogP contribution in [0.4, 0.5) is 25.8 Å². The summed E-state index contributed by atoms with van der Waals surface area (Å²) in [5.41, 5.74) is 2.19. The van der Waals surface area contributed by atoms with Crippen LogP contribution in [0.2, 0.25) is 5.02 Å². The van der Waals surface area contributed by atoms with Crippen LogP contribution < -0.4 is 15.5 Å². The number of piperazine rings is 1. The number of hydrogen-bond acceptors (Lipinski definition) is 4. The van der Waals surface area contributed by atoms with E-state index in [1.54, 1.807) is 30.0 Å². The molecule has 4 rings (SSSR count). The van der Waals surface area contributed by atoms with Gasteiger partial charge in [0.1, 0.15) is 16.7 Å². The quantitative estimate of drug-likeness (QED) is 0.547. The van der Waals surface area contributed by atoms with Gasteiger partial charge < -0.3 is 20.4 Å². The maximum absolute atomic E-state index is 13.8. The van der Waals surface area contributed by atoms with Gasteiger partial charge in [-0.2, -0.15) is 0 Å². The number of amides is 3. The van der Waals surface area contributed by atoms with E-state index in [4.69, 9.17) is 11.6 Å². The number of carbonyl (C=O) groups excluding carboxylic acids is 3. The number of benzene rings is 2. The predicted molar refractivity (Wildman–Crippen MR) is 112 cm³/mol. The molecule has 1 saturated heterocycles. The van der Waals surface area contributed by atoms with Crippen molar-refractivity contribution >= 4 is 46.4 Å². The van der Waals surface area contributed by atoms with Crippen LogP contribution in [0, 0.1) is 11.6 Å². The first-order valence-electron chi connectivity index (χ1n) is 9.67. The summed E-state index contributed by atoms with van der Waals surface area (Å²) in [4.78, 5) is 39.7. The summed E-state index contributed by atoms with van der Waals surface area (Å²) in [6, 6.07) is 6.97. The second-order valence-electron chi connectivity index (χ2n) is 7.57. The minimum absolute atomic E-state index is 0.123. The van der Waals surface area contributed by atoms with E-state index in [0.29, 0.717) is 23.6 Å². The monoisotopic (exact) mass is 448 g/mol. The van der Waals surface area contributed by atoms with Crippen LogP contribution in [0.1, 0.15) is 12.5 Å². The second kappa shape index (κ2) is 8.14. The number of hydrogen-bond donors (Lipinski definition) is 2. The Labute approximate surface area is 181 Å². The molecule has 2 N–H and O–H groups in total. The standard InChI is InChI=1S/C21H19ClF2N4O3/c1-11-10-27(4-5-28(11)14-8-15(23)19(22)16(24)9-14)21(31)20(30)25-13-2-3-17-12(6-13)7-18(29)26-17/h2-3,6,8-9,11H,4-5,7,10H2,1H3,(H,25,30)(H,26,29)/t11-/m1/s1. The Morgan fingerprint density at radius 2 is 1.87 bits per heavy atom. The molecule has 0 spiro atoms. The van der Waals surface area contributed by atoms with E-state index in [0.717, 1.165) is 17.7 Å². The van der Waals surface area contributed by atoms with Crippen LogP contribution in [0.25, 0.3) is 0 Å². The second-order valence-corrected chi connectivity index (χ2v) is 7.95. The van der Waals surface area contributed by atoms with Gasteiger partial charge in [0, 0.05) is 42.7 Å². The van der Waals surface area contributed by atoms with Gasteiger partial charge in [-0.05, 0) is 42.8 Å². The molecule has 1 fully saturated rings. The molecular formula is C21H19ClF2N4O3. The minimum atomic E-state index is -0.854. The van der Waals surface area contributed by atoms with E-state index in [2.05, 4.69) is 10.6 Å². The molecule has 0 unspecified atom stereocenters. The third kappa shape index (κ3) is 4.18. The maximum atomic E-state index is 13.8. The molecule has 0 aliphatic carbocycles. The van der Waals surface area contributed by atoms with Gasteiger partial charge in [0.25, 0.3) is 0 Å². The van der Waals surface area contributed by atoms with E-state index < -0.39 is 28.5 Å². The number of halogens is 3. The SMILES string of the molecule is C[C@@H]1CN(C(=O)C(=O)Nc2ccc3c(c2)CC(=O)N3)CCN1c1cc(F)c(Cl)c(F)c1. The van der Waals surface area contributed by atoms with E-state index in [1.807, 2.05) is 0 Å². The Balaban J connectivity index is 1.40. The summed E-state index contributed by atoms with van der Waals surface area (Å²) in [5, 5.41) is 4.70. The van der Waals surface area contributed by atoms with Crippen molar-refractivity contribution in [3.8, 4) is 0 Å². The van der Waals surface area contributed by atoms with E-state index in [9.17, 15) is 23.2 Å². The molecule has 0 bridgehead atoms. The molecule has 31 heavy (non-hydrogen) atoms. The van der Waals surface area contributed by atoms with Crippen LogP contribution >= 0.6 is 11.6 Å². The number of carbonyl (C=O) groups is 3. The first-order valence-corrected chi connectivity index (χ1v) is 10.0. The van der Waals surface area contributed by atoms with Gasteiger partial charge in [0.15, 0.2) is 0 Å². The summed E-state index contributed by atoms with van der Waals surface area (Å²) in [7, 11) is 0. The molecule has 10 heteroatoms. The van der Waals surface area contributed by atoms with Crippen LogP contribution in [0.5, 0.6) is 0 Å². The van der Waals surface area contributed by atoms with Crippen LogP contribution in [-0.4, -0.2) is 48.3 Å². The number of nitrogens with zero attached hydrogens (tertiary/aromatic N) is 2. The zero-order valence-electron chi connectivity index (χ0n) is 16.5. The number of rotatable bonds is 2. The third-order valence-electron chi connectivity index (χ3n) is 5.40. The van der Waals surface area contributed by atoms with Gasteiger partial charge in [-0.15, -0.1) is 0 Å². The molecule has 162 valence electrons. The average molecular weight is 449 g/mol. The van der Waals surface area contributed by atoms with Gasteiger partial charge >= 0.3 is 11.8 Å². The van der Waals surface area contributed by atoms with Crippen molar-refractivity contribution < 1.29 is 23.2 Å². The van der Waals surface area contributed by atoms with Crippen LogP contribution in [-0.2, 0) is 20.8 Å². The Morgan fingerprint density at radius 3 is 2.55 bits per heavy atom. The van der Waals surface area contributed by atoms with E-state index in [-0.39, 0.29) is 31.5 Å². The van der Waals surface area contributed by atoms with Gasteiger partial charge in [-0.25, -0.2) is 8.78 Å². The van der Waals surface area contributed by atoms with Crippen molar-refractivity contribution in [2.45, 2.75) is 19.4 Å². The van der Waals surface area contributed by atoms with Gasteiger partial charge in [0.2, 0.25) is 5.91 Å². The van der Waals surface area contributed by atoms with Crippen molar-refractivity contribution in [2.75, 3.05) is 35.2 Å². The molecule has 2 aliphatic heterocycles. The van der Waals surface area contributed by atoms with Crippen molar-refractivity contribution in [1.29, 1.82) is 0 Å². The highest BCUT2D eigenvalue weighted by atomic mass is 35.5. The molecule has 7 nitrogen and oxygen atoms in total. The lowest BCUT2D eigenvalue weighted by molar-refractivity contribution is -0.143. The van der Waals surface area contributed by atoms with Gasteiger partial charge in [-0.1, -0.05) is 11.6 Å². The van der Waals surface area contributed by atoms with Crippen molar-refractivity contribution in [3.05, 3.63) is 52.6 Å². The van der Waals surface area contributed by atoms with Crippen molar-refractivity contribution in [3.63, 3.8) is 0 Å². The third-order valence-corrected chi connectivity index (χ3v) is 5.76. The first kappa shape index (κ1) is 21.0. The average Bonchev–Trinajstić information content (AvgIpc) is 3.10. The Morgan fingerprint density at radius 1 is 1.16 bits per heavy atom. The van der Waals surface area contributed by atoms with Gasteiger partial charge in [-0.3, -0.25) is 14.4 Å². The predicted octanol–water partition coefficient (Wildman–Crippen LogP) is 2.79.